The van der Waals surface area contributed by atoms with E-state index in [2.05, 4.69) is 15.3 Å². The molecule has 2 heterocycles. The molecule has 0 aliphatic rings. The van der Waals surface area contributed by atoms with E-state index in [1.54, 1.807) is 13.0 Å². The summed E-state index contributed by atoms with van der Waals surface area (Å²) in [5.41, 5.74) is 5.59. The molecule has 120 valence electrons. The Morgan fingerprint density at radius 2 is 2.05 bits per heavy atom. The van der Waals surface area contributed by atoms with Gasteiger partial charge in [-0.05, 0) is 18.6 Å². The van der Waals surface area contributed by atoms with Crippen LogP contribution in [-0.2, 0) is 24.0 Å². The highest BCUT2D eigenvalue weighted by Gasteiger charge is 2.38. The predicted octanol–water partition coefficient (Wildman–Crippen LogP) is 1.77. The van der Waals surface area contributed by atoms with Gasteiger partial charge in [0.1, 0.15) is 0 Å². The van der Waals surface area contributed by atoms with E-state index in [9.17, 15) is 13.2 Å². The van der Waals surface area contributed by atoms with E-state index in [-0.39, 0.29) is 31.0 Å². The van der Waals surface area contributed by atoms with Crippen molar-refractivity contribution < 1.29 is 17.9 Å². The summed E-state index contributed by atoms with van der Waals surface area (Å²) < 4.78 is 45.6. The summed E-state index contributed by atoms with van der Waals surface area (Å²) in [6.45, 7) is 2.31. The Balaban J connectivity index is 2.50. The molecule has 0 aliphatic heterocycles. The average Bonchev–Trinajstić information content (AvgIpc) is 2.89. The minimum Gasteiger partial charge on any atom is -0.383 e. The summed E-state index contributed by atoms with van der Waals surface area (Å²) >= 11 is 0. The van der Waals surface area contributed by atoms with E-state index in [1.165, 1.54) is 18.0 Å². The molecule has 0 bridgehead atoms. The Morgan fingerprint density at radius 3 is 2.59 bits per heavy atom. The van der Waals surface area contributed by atoms with E-state index in [0.29, 0.717) is 11.3 Å². The molecule has 0 unspecified atom stereocenters. The van der Waals surface area contributed by atoms with Gasteiger partial charge in [0.15, 0.2) is 5.69 Å². The lowest BCUT2D eigenvalue weighted by atomic mass is 10.1. The summed E-state index contributed by atoms with van der Waals surface area (Å²) in [7, 11) is 1.47. The zero-order valence-electron chi connectivity index (χ0n) is 12.2. The topological polar surface area (TPSA) is 78.8 Å². The molecule has 6 nitrogen and oxygen atoms in total. The van der Waals surface area contributed by atoms with Gasteiger partial charge in [-0.1, -0.05) is 0 Å². The molecule has 22 heavy (non-hydrogen) atoms. The standard InChI is InChI=1S/C13H16F3N5O/c1-8-5-9(6-17)18-19-11(8)10-7-21(3-4-22-2)20-12(10)13(14,15)16/h5,7H,3-4,6,17H2,1-2H3. The van der Waals surface area contributed by atoms with Crippen LogP contribution in [0.3, 0.4) is 0 Å². The normalized spacial score (nSPS) is 11.9. The molecule has 0 spiro atoms. The van der Waals surface area contributed by atoms with Gasteiger partial charge in [0.2, 0.25) is 0 Å². The SMILES string of the molecule is COCCn1cc(-c2nnc(CN)cc2C)c(C(F)(F)F)n1. The third-order valence-electron chi connectivity index (χ3n) is 3.05. The number of halogens is 3. The Hall–Kier alpha value is -2.00. The van der Waals surface area contributed by atoms with Crippen LogP contribution in [0.4, 0.5) is 13.2 Å². The van der Waals surface area contributed by atoms with Gasteiger partial charge in [-0.3, -0.25) is 4.68 Å². The van der Waals surface area contributed by atoms with Crippen molar-refractivity contribution >= 4 is 0 Å². The third-order valence-corrected chi connectivity index (χ3v) is 3.05. The van der Waals surface area contributed by atoms with Crippen molar-refractivity contribution in [3.63, 3.8) is 0 Å². The fourth-order valence-electron chi connectivity index (χ4n) is 2.01. The van der Waals surface area contributed by atoms with Crippen LogP contribution in [0.5, 0.6) is 0 Å². The largest absolute Gasteiger partial charge is 0.435 e. The van der Waals surface area contributed by atoms with E-state index in [1.807, 2.05) is 0 Å². The molecule has 0 aromatic carbocycles. The van der Waals surface area contributed by atoms with Crippen LogP contribution < -0.4 is 5.73 Å². The second-order valence-corrected chi connectivity index (χ2v) is 4.72. The molecule has 2 rings (SSSR count). The first kappa shape index (κ1) is 16.4. The fourth-order valence-corrected chi connectivity index (χ4v) is 2.01. The van der Waals surface area contributed by atoms with Crippen LogP contribution in [0.15, 0.2) is 12.3 Å². The molecule has 0 fully saturated rings. The van der Waals surface area contributed by atoms with E-state index < -0.39 is 11.9 Å². The van der Waals surface area contributed by atoms with Crippen molar-refractivity contribution in [2.45, 2.75) is 26.2 Å². The first-order valence-corrected chi connectivity index (χ1v) is 6.54. The number of ether oxygens (including phenoxy) is 1. The van der Waals surface area contributed by atoms with Crippen LogP contribution in [0.25, 0.3) is 11.3 Å². The van der Waals surface area contributed by atoms with Crippen LogP contribution in [0.2, 0.25) is 0 Å². The lowest BCUT2D eigenvalue weighted by Crippen LogP contribution is -2.11. The van der Waals surface area contributed by atoms with E-state index >= 15 is 0 Å². The minimum atomic E-state index is -4.58. The lowest BCUT2D eigenvalue weighted by Gasteiger charge is -2.07. The number of hydrogen-bond acceptors (Lipinski definition) is 5. The second kappa shape index (κ2) is 6.41. The number of aryl methyl sites for hydroxylation is 1. The van der Waals surface area contributed by atoms with Gasteiger partial charge in [0.25, 0.3) is 0 Å². The Labute approximate surface area is 125 Å². The molecule has 0 aliphatic carbocycles. The first-order valence-electron chi connectivity index (χ1n) is 6.54. The highest BCUT2D eigenvalue weighted by Crippen LogP contribution is 2.36. The van der Waals surface area contributed by atoms with Crippen LogP contribution in [0.1, 0.15) is 17.0 Å². The van der Waals surface area contributed by atoms with Crippen molar-refractivity contribution in [2.75, 3.05) is 13.7 Å². The molecule has 2 aromatic rings. The Kier molecular flexibility index (Phi) is 4.77. The van der Waals surface area contributed by atoms with Gasteiger partial charge >= 0.3 is 6.18 Å². The van der Waals surface area contributed by atoms with Crippen LogP contribution in [0, 0.1) is 6.92 Å². The maximum atomic E-state index is 13.2. The maximum absolute atomic E-state index is 13.2. The predicted molar refractivity (Wildman–Crippen MR) is 72.8 cm³/mol. The highest BCUT2D eigenvalue weighted by atomic mass is 19.4. The van der Waals surface area contributed by atoms with Gasteiger partial charge in [0.05, 0.1) is 30.1 Å². The number of alkyl halides is 3. The van der Waals surface area contributed by atoms with Crippen LogP contribution >= 0.6 is 0 Å². The first-order chi connectivity index (χ1) is 10.4. The highest BCUT2D eigenvalue weighted by molar-refractivity contribution is 5.65. The summed E-state index contributed by atoms with van der Waals surface area (Å²) in [5.74, 6) is 0. The second-order valence-electron chi connectivity index (χ2n) is 4.72. The van der Waals surface area contributed by atoms with Gasteiger partial charge in [-0.15, -0.1) is 5.10 Å². The number of aromatic nitrogens is 4. The van der Waals surface area contributed by atoms with Gasteiger partial charge in [-0.2, -0.15) is 23.4 Å². The van der Waals surface area contributed by atoms with Crippen molar-refractivity contribution in [3.05, 3.63) is 29.2 Å². The summed E-state index contributed by atoms with van der Waals surface area (Å²) in [6, 6.07) is 1.62. The number of methoxy groups -OCH3 is 1. The zero-order chi connectivity index (χ0) is 16.3. The molecule has 0 atom stereocenters. The molecular weight excluding hydrogens is 299 g/mol. The number of nitrogens with zero attached hydrogens (tertiary/aromatic N) is 4. The maximum Gasteiger partial charge on any atom is 0.435 e. The van der Waals surface area contributed by atoms with Crippen LogP contribution in [-0.4, -0.2) is 33.7 Å². The molecule has 2 N–H and O–H groups in total. The summed E-state index contributed by atoms with van der Waals surface area (Å²) in [5, 5.41) is 11.3. The van der Waals surface area contributed by atoms with Gasteiger partial charge in [0, 0.05) is 19.9 Å². The molecule has 0 saturated carbocycles. The fraction of sp³-hybridized carbons (Fsp3) is 0.462. The minimum absolute atomic E-state index is 0.0998. The molecule has 0 saturated heterocycles. The average molecular weight is 315 g/mol. The molecule has 0 amide bonds. The summed E-state index contributed by atoms with van der Waals surface area (Å²) in [4.78, 5) is 0. The van der Waals surface area contributed by atoms with Crippen molar-refractivity contribution in [1.82, 2.24) is 20.0 Å². The number of rotatable bonds is 5. The van der Waals surface area contributed by atoms with Crippen molar-refractivity contribution in [3.8, 4) is 11.3 Å². The third kappa shape index (κ3) is 3.42. The summed E-state index contributed by atoms with van der Waals surface area (Å²) in [6.07, 6.45) is -3.27. The lowest BCUT2D eigenvalue weighted by molar-refractivity contribution is -0.141. The van der Waals surface area contributed by atoms with E-state index in [0.717, 1.165) is 0 Å². The zero-order valence-corrected chi connectivity index (χ0v) is 12.2. The monoisotopic (exact) mass is 315 g/mol. The number of nitrogens with two attached hydrogens (primary N) is 1. The van der Waals surface area contributed by atoms with Gasteiger partial charge in [-0.25, -0.2) is 0 Å². The molecular formula is C13H16F3N5O. The number of hydrogen-bond donors (Lipinski definition) is 1. The van der Waals surface area contributed by atoms with Gasteiger partial charge < -0.3 is 10.5 Å². The Morgan fingerprint density at radius 1 is 1.32 bits per heavy atom. The molecule has 0 radical (unpaired) electrons. The van der Waals surface area contributed by atoms with Crippen molar-refractivity contribution in [1.29, 1.82) is 0 Å². The smallest absolute Gasteiger partial charge is 0.383 e. The molecule has 9 heteroatoms. The van der Waals surface area contributed by atoms with Crippen molar-refractivity contribution in [2.24, 2.45) is 5.73 Å². The van der Waals surface area contributed by atoms with E-state index in [4.69, 9.17) is 10.5 Å². The molecule has 2 aromatic heterocycles. The quantitative estimate of drug-likeness (QED) is 0.910. The Bertz CT molecular complexity index is 654.